The molecule has 0 saturated heterocycles. The van der Waals surface area contributed by atoms with Crippen LogP contribution in [0.5, 0.6) is 5.75 Å². The van der Waals surface area contributed by atoms with Gasteiger partial charge in [0.25, 0.3) is 0 Å². The number of ether oxygens (including phenoxy) is 2. The van der Waals surface area contributed by atoms with Crippen molar-refractivity contribution in [1.29, 1.82) is 0 Å². The summed E-state index contributed by atoms with van der Waals surface area (Å²) in [5.41, 5.74) is 5.69. The number of carbonyl (C=O) groups is 1. The summed E-state index contributed by atoms with van der Waals surface area (Å²) in [5, 5.41) is 13.6. The summed E-state index contributed by atoms with van der Waals surface area (Å²) in [7, 11) is 0. The van der Waals surface area contributed by atoms with E-state index in [-0.39, 0.29) is 0 Å². The molecule has 35 heavy (non-hydrogen) atoms. The van der Waals surface area contributed by atoms with E-state index in [2.05, 4.69) is 25.1 Å². The molecule has 0 aliphatic carbocycles. The van der Waals surface area contributed by atoms with Crippen molar-refractivity contribution in [2.45, 2.75) is 59.2 Å². The summed E-state index contributed by atoms with van der Waals surface area (Å²) in [6.07, 6.45) is 2.65. The summed E-state index contributed by atoms with van der Waals surface area (Å²) >= 11 is 0. The molecule has 0 spiro atoms. The minimum atomic E-state index is -1.13. The normalized spacial score (nSPS) is 14.5. The molecule has 1 atom stereocenters. The molecular formula is C30H31NO4. The fourth-order valence-corrected chi connectivity index (χ4v) is 5.27. The largest absolute Gasteiger partial charge is 0.493 e. The third-order valence-corrected chi connectivity index (χ3v) is 6.73. The van der Waals surface area contributed by atoms with Gasteiger partial charge in [0.2, 0.25) is 0 Å². The molecule has 5 nitrogen and oxygen atoms in total. The molecule has 5 heteroatoms. The lowest BCUT2D eigenvalue weighted by Crippen LogP contribution is -2.28. The summed E-state index contributed by atoms with van der Waals surface area (Å²) < 4.78 is 12.0. The smallest absolute Gasteiger partial charge is 0.337 e. The first-order valence-corrected chi connectivity index (χ1v) is 12.1. The van der Waals surface area contributed by atoms with Gasteiger partial charge in [-0.1, -0.05) is 30.3 Å². The van der Waals surface area contributed by atoms with Gasteiger partial charge in [0, 0.05) is 22.5 Å². The highest BCUT2D eigenvalue weighted by Crippen LogP contribution is 2.44. The van der Waals surface area contributed by atoms with Crippen LogP contribution in [-0.4, -0.2) is 28.3 Å². The minimum Gasteiger partial charge on any atom is -0.493 e. The molecule has 4 aromatic rings. The van der Waals surface area contributed by atoms with Crippen LogP contribution < -0.4 is 4.74 Å². The standard InChI is InChI=1S/C30H31NO4/c1-17-24(20-12-13-23-19(15-20)10-8-14-34-23)26(28(29(32)33)35-30(3,4)5)18(2)27-25(17)22-11-7-6-9-21(22)16-31-27/h6-7,9,11-13,15-16,28H,8,10,14H2,1-5H3,(H,32,33)/t28-/m0/s1. The fraction of sp³-hybridized carbons (Fsp3) is 0.333. The Kier molecular flexibility index (Phi) is 5.76. The van der Waals surface area contributed by atoms with Crippen LogP contribution in [0.2, 0.25) is 0 Å². The Morgan fingerprint density at radius 1 is 1.11 bits per heavy atom. The van der Waals surface area contributed by atoms with Gasteiger partial charge in [-0.2, -0.15) is 0 Å². The third-order valence-electron chi connectivity index (χ3n) is 6.73. The molecule has 0 saturated carbocycles. The number of aliphatic carboxylic acids is 1. The number of hydrogen-bond acceptors (Lipinski definition) is 4. The highest BCUT2D eigenvalue weighted by molar-refractivity contribution is 6.11. The van der Waals surface area contributed by atoms with E-state index in [9.17, 15) is 9.90 Å². The van der Waals surface area contributed by atoms with Crippen LogP contribution in [0.15, 0.2) is 48.7 Å². The van der Waals surface area contributed by atoms with Crippen LogP contribution >= 0.6 is 0 Å². The predicted octanol–water partition coefficient (Wildman–Crippen LogP) is 6.94. The molecule has 1 aliphatic rings. The van der Waals surface area contributed by atoms with Crippen molar-refractivity contribution in [1.82, 2.24) is 4.98 Å². The summed E-state index contributed by atoms with van der Waals surface area (Å²) in [5.74, 6) is -0.102. The average Bonchev–Trinajstić information content (AvgIpc) is 2.83. The van der Waals surface area contributed by atoms with Crippen LogP contribution in [-0.2, 0) is 16.0 Å². The maximum atomic E-state index is 12.6. The van der Waals surface area contributed by atoms with Gasteiger partial charge in [-0.05, 0) is 92.8 Å². The molecule has 0 radical (unpaired) electrons. The zero-order valence-corrected chi connectivity index (χ0v) is 20.9. The Labute approximate surface area is 205 Å². The first-order valence-electron chi connectivity index (χ1n) is 12.1. The van der Waals surface area contributed by atoms with Crippen molar-refractivity contribution >= 4 is 27.6 Å². The predicted molar refractivity (Wildman–Crippen MR) is 139 cm³/mol. The number of rotatable bonds is 4. The van der Waals surface area contributed by atoms with Crippen LogP contribution in [0, 0.1) is 13.8 Å². The highest BCUT2D eigenvalue weighted by Gasteiger charge is 2.33. The molecule has 1 aliphatic heterocycles. The van der Waals surface area contributed by atoms with E-state index < -0.39 is 17.7 Å². The van der Waals surface area contributed by atoms with E-state index in [1.54, 1.807) is 0 Å². The van der Waals surface area contributed by atoms with E-state index in [4.69, 9.17) is 14.5 Å². The van der Waals surface area contributed by atoms with E-state index in [0.29, 0.717) is 5.56 Å². The monoisotopic (exact) mass is 469 g/mol. The van der Waals surface area contributed by atoms with Gasteiger partial charge < -0.3 is 14.6 Å². The van der Waals surface area contributed by atoms with Gasteiger partial charge >= 0.3 is 5.97 Å². The Bertz CT molecular complexity index is 1470. The summed E-state index contributed by atoms with van der Waals surface area (Å²) in [4.78, 5) is 17.4. The number of aryl methyl sites for hydroxylation is 3. The Morgan fingerprint density at radius 3 is 2.63 bits per heavy atom. The number of aromatic nitrogens is 1. The second-order valence-electron chi connectivity index (χ2n) is 10.3. The molecule has 1 aromatic heterocycles. The maximum Gasteiger partial charge on any atom is 0.337 e. The number of fused-ring (bicyclic) bond motifs is 4. The second kappa shape index (κ2) is 8.65. The number of nitrogens with zero attached hydrogens (tertiary/aromatic N) is 1. The van der Waals surface area contributed by atoms with Gasteiger partial charge in [-0.3, -0.25) is 4.98 Å². The number of carboxylic acid groups (broad SMARTS) is 1. The van der Waals surface area contributed by atoms with Crippen molar-refractivity contribution in [2.24, 2.45) is 0 Å². The highest BCUT2D eigenvalue weighted by atomic mass is 16.5. The van der Waals surface area contributed by atoms with Crippen LogP contribution in [0.25, 0.3) is 32.8 Å². The maximum absolute atomic E-state index is 12.6. The average molecular weight is 470 g/mol. The molecule has 3 aromatic carbocycles. The quantitative estimate of drug-likeness (QED) is 0.328. The van der Waals surface area contributed by atoms with Gasteiger partial charge in [-0.15, -0.1) is 0 Å². The van der Waals surface area contributed by atoms with Crippen molar-refractivity contribution in [3.8, 4) is 16.9 Å². The fourth-order valence-electron chi connectivity index (χ4n) is 5.27. The molecule has 0 unspecified atom stereocenters. The lowest BCUT2D eigenvalue weighted by molar-refractivity contribution is -0.160. The van der Waals surface area contributed by atoms with E-state index in [1.165, 1.54) is 0 Å². The lowest BCUT2D eigenvalue weighted by atomic mass is 9.84. The first kappa shape index (κ1) is 23.3. The number of benzene rings is 3. The van der Waals surface area contributed by atoms with Crippen LogP contribution in [0.1, 0.15) is 55.5 Å². The first-order chi connectivity index (χ1) is 16.7. The summed E-state index contributed by atoms with van der Waals surface area (Å²) in [6.45, 7) is 10.4. The van der Waals surface area contributed by atoms with Crippen LogP contribution in [0.4, 0.5) is 0 Å². The molecule has 0 bridgehead atoms. The number of carboxylic acids is 1. The SMILES string of the molecule is Cc1c([C@H](OC(C)(C)C)C(=O)O)c(-c2ccc3c(c2)CCCO3)c(C)c2c1ncc1ccccc12. The Hall–Kier alpha value is -3.44. The number of hydrogen-bond donors (Lipinski definition) is 1. The van der Waals surface area contributed by atoms with Gasteiger partial charge in [0.1, 0.15) is 5.75 Å². The zero-order chi connectivity index (χ0) is 24.9. The summed E-state index contributed by atoms with van der Waals surface area (Å²) in [6, 6.07) is 14.4. The van der Waals surface area contributed by atoms with E-state index in [1.807, 2.05) is 58.2 Å². The van der Waals surface area contributed by atoms with Gasteiger partial charge in [0.05, 0.1) is 17.7 Å². The third kappa shape index (κ3) is 4.14. The topological polar surface area (TPSA) is 68.7 Å². The zero-order valence-electron chi connectivity index (χ0n) is 20.9. The number of pyridine rings is 1. The molecule has 0 fully saturated rings. The Morgan fingerprint density at radius 2 is 1.89 bits per heavy atom. The van der Waals surface area contributed by atoms with Gasteiger partial charge in [0.15, 0.2) is 6.10 Å². The van der Waals surface area contributed by atoms with Crippen LogP contribution in [0.3, 0.4) is 0 Å². The molecule has 2 heterocycles. The molecule has 0 amide bonds. The van der Waals surface area contributed by atoms with Crippen molar-refractivity contribution in [2.75, 3.05) is 6.61 Å². The van der Waals surface area contributed by atoms with Crippen molar-refractivity contribution < 1.29 is 19.4 Å². The van der Waals surface area contributed by atoms with Crippen molar-refractivity contribution in [3.05, 3.63) is 70.9 Å². The molecular weight excluding hydrogens is 438 g/mol. The van der Waals surface area contributed by atoms with E-state index in [0.717, 1.165) is 74.7 Å². The minimum absolute atomic E-state index is 0.643. The Balaban J connectivity index is 1.90. The van der Waals surface area contributed by atoms with Gasteiger partial charge in [-0.25, -0.2) is 4.79 Å². The second-order valence-corrected chi connectivity index (χ2v) is 10.3. The van der Waals surface area contributed by atoms with Crippen molar-refractivity contribution in [3.63, 3.8) is 0 Å². The van der Waals surface area contributed by atoms with E-state index >= 15 is 0 Å². The molecule has 1 N–H and O–H groups in total. The molecule has 5 rings (SSSR count). The molecule has 180 valence electrons. The lowest BCUT2D eigenvalue weighted by Gasteiger charge is -2.29.